The van der Waals surface area contributed by atoms with Gasteiger partial charge in [0.05, 0.1) is 30.8 Å². The fourth-order valence-electron chi connectivity index (χ4n) is 2.15. The topological polar surface area (TPSA) is 85.2 Å². The molecule has 0 atom stereocenters. The van der Waals surface area contributed by atoms with Gasteiger partial charge in [-0.05, 0) is 13.0 Å². The molecule has 0 unspecified atom stereocenters. The molecule has 2 rings (SSSR count). The minimum Gasteiger partial charge on any atom is -0.383 e. The van der Waals surface area contributed by atoms with Crippen LogP contribution in [0.25, 0.3) is 10.8 Å². The first kappa shape index (κ1) is 16.0. The monoisotopic (exact) mass is 304 g/mol. The van der Waals surface area contributed by atoms with E-state index >= 15 is 0 Å². The second kappa shape index (κ2) is 7.56. The van der Waals surface area contributed by atoms with Crippen LogP contribution >= 0.6 is 0 Å². The number of carbonyl (C=O) groups excluding carboxylic acids is 1. The minimum absolute atomic E-state index is 0.158. The van der Waals surface area contributed by atoms with Crippen molar-refractivity contribution in [1.82, 2.24) is 20.4 Å². The van der Waals surface area contributed by atoms with Gasteiger partial charge < -0.3 is 15.4 Å². The van der Waals surface area contributed by atoms with E-state index in [1.165, 1.54) is 4.68 Å². The van der Waals surface area contributed by atoms with Gasteiger partial charge in [-0.15, -0.1) is 0 Å². The summed E-state index contributed by atoms with van der Waals surface area (Å²) in [6.07, 6.45) is 0. The normalized spacial score (nSPS) is 10.6. The van der Waals surface area contributed by atoms with E-state index in [1.54, 1.807) is 13.2 Å². The van der Waals surface area contributed by atoms with Crippen LogP contribution in [0.2, 0.25) is 0 Å². The molecule has 118 valence electrons. The molecule has 0 spiro atoms. The quantitative estimate of drug-likeness (QED) is 0.829. The molecular formula is C15H20N4O3. The van der Waals surface area contributed by atoms with Gasteiger partial charge in [-0.2, -0.15) is 5.10 Å². The number of nitrogens with one attached hydrogen (secondary N) is 2. The van der Waals surface area contributed by atoms with Crippen LogP contribution in [0.1, 0.15) is 12.6 Å². The smallest absolute Gasteiger partial charge is 0.315 e. The first-order chi connectivity index (χ1) is 10.7. The summed E-state index contributed by atoms with van der Waals surface area (Å²) in [5.41, 5.74) is 0.493. The highest BCUT2D eigenvalue weighted by Crippen LogP contribution is 2.12. The Balaban J connectivity index is 2.36. The summed E-state index contributed by atoms with van der Waals surface area (Å²) >= 11 is 0. The zero-order valence-electron chi connectivity index (χ0n) is 12.8. The molecule has 7 heteroatoms. The van der Waals surface area contributed by atoms with Gasteiger partial charge in [0, 0.05) is 19.0 Å². The van der Waals surface area contributed by atoms with E-state index in [0.29, 0.717) is 30.8 Å². The highest BCUT2D eigenvalue weighted by atomic mass is 16.5. The van der Waals surface area contributed by atoms with Gasteiger partial charge in [-0.1, -0.05) is 18.2 Å². The average molecular weight is 304 g/mol. The summed E-state index contributed by atoms with van der Waals surface area (Å²) in [6, 6.07) is 6.99. The van der Waals surface area contributed by atoms with Crippen LogP contribution in [0.3, 0.4) is 0 Å². The summed E-state index contributed by atoms with van der Waals surface area (Å²) in [6.45, 7) is 3.41. The van der Waals surface area contributed by atoms with E-state index in [0.717, 1.165) is 5.39 Å². The molecule has 1 heterocycles. The van der Waals surface area contributed by atoms with Crippen molar-refractivity contribution in [3.63, 3.8) is 0 Å². The molecule has 2 aromatic rings. The molecule has 0 aliphatic carbocycles. The molecule has 0 aliphatic rings. The zero-order chi connectivity index (χ0) is 15.9. The Bertz CT molecular complexity index is 711. The second-order valence-corrected chi connectivity index (χ2v) is 4.73. The third-order valence-corrected chi connectivity index (χ3v) is 3.21. The van der Waals surface area contributed by atoms with Gasteiger partial charge in [0.2, 0.25) is 0 Å². The zero-order valence-corrected chi connectivity index (χ0v) is 12.8. The number of urea groups is 1. The Morgan fingerprint density at radius 3 is 2.68 bits per heavy atom. The first-order valence-electron chi connectivity index (χ1n) is 7.16. The number of benzene rings is 1. The number of methoxy groups -OCH3 is 1. The lowest BCUT2D eigenvalue weighted by atomic mass is 10.1. The SMILES string of the molecule is CCNC(=O)NCc1nn(CCOC)c(=O)c2ccccc12. The van der Waals surface area contributed by atoms with Crippen molar-refractivity contribution >= 4 is 16.8 Å². The third-order valence-electron chi connectivity index (χ3n) is 3.21. The molecule has 2 amide bonds. The highest BCUT2D eigenvalue weighted by Gasteiger charge is 2.11. The van der Waals surface area contributed by atoms with Crippen molar-refractivity contribution in [2.75, 3.05) is 20.3 Å². The van der Waals surface area contributed by atoms with Crippen molar-refractivity contribution in [3.05, 3.63) is 40.3 Å². The number of carbonyl (C=O) groups is 1. The molecule has 0 radical (unpaired) electrons. The van der Waals surface area contributed by atoms with Gasteiger partial charge >= 0.3 is 6.03 Å². The Labute approximate surface area is 128 Å². The van der Waals surface area contributed by atoms with Crippen molar-refractivity contribution in [1.29, 1.82) is 0 Å². The second-order valence-electron chi connectivity index (χ2n) is 4.73. The molecule has 1 aromatic carbocycles. The summed E-state index contributed by atoms with van der Waals surface area (Å²) in [7, 11) is 1.57. The predicted molar refractivity (Wildman–Crippen MR) is 83.8 cm³/mol. The third kappa shape index (κ3) is 3.62. The van der Waals surface area contributed by atoms with Gasteiger partial charge in [0.1, 0.15) is 0 Å². The Hall–Kier alpha value is -2.41. The first-order valence-corrected chi connectivity index (χ1v) is 7.16. The maximum Gasteiger partial charge on any atom is 0.315 e. The molecule has 1 aromatic heterocycles. The molecule has 0 fully saturated rings. The molecule has 2 N–H and O–H groups in total. The lowest BCUT2D eigenvalue weighted by Gasteiger charge is -2.11. The minimum atomic E-state index is -0.261. The van der Waals surface area contributed by atoms with Crippen molar-refractivity contribution in [2.45, 2.75) is 20.0 Å². The molecule has 7 nitrogen and oxygen atoms in total. The van der Waals surface area contributed by atoms with Crippen LogP contribution in [-0.2, 0) is 17.8 Å². The van der Waals surface area contributed by atoms with E-state index in [9.17, 15) is 9.59 Å². The Morgan fingerprint density at radius 2 is 2.00 bits per heavy atom. The molecule has 0 aliphatic heterocycles. The van der Waals surface area contributed by atoms with Crippen LogP contribution in [0, 0.1) is 0 Å². The number of rotatable bonds is 6. The number of nitrogens with zero attached hydrogens (tertiary/aromatic N) is 2. The number of aromatic nitrogens is 2. The standard InChI is InChI=1S/C15H20N4O3/c1-3-16-15(21)17-10-13-11-6-4-5-7-12(11)14(20)19(18-13)8-9-22-2/h4-7H,3,8-10H2,1-2H3,(H2,16,17,21). The van der Waals surface area contributed by atoms with Gasteiger partial charge in [0.25, 0.3) is 5.56 Å². The predicted octanol–water partition coefficient (Wildman–Crippen LogP) is 0.862. The molecule has 0 bridgehead atoms. The van der Waals surface area contributed by atoms with E-state index in [1.807, 2.05) is 25.1 Å². The Kier molecular flexibility index (Phi) is 5.48. The number of hydrogen-bond donors (Lipinski definition) is 2. The van der Waals surface area contributed by atoms with Crippen LogP contribution in [-0.4, -0.2) is 36.1 Å². The van der Waals surface area contributed by atoms with Crippen molar-refractivity contribution in [3.8, 4) is 0 Å². The van der Waals surface area contributed by atoms with Crippen LogP contribution < -0.4 is 16.2 Å². The summed E-state index contributed by atoms with van der Waals surface area (Å²) in [5.74, 6) is 0. The highest BCUT2D eigenvalue weighted by molar-refractivity contribution is 5.84. The van der Waals surface area contributed by atoms with E-state index < -0.39 is 0 Å². The van der Waals surface area contributed by atoms with E-state index in [4.69, 9.17) is 4.74 Å². The summed E-state index contributed by atoms with van der Waals surface area (Å²) in [4.78, 5) is 23.9. The van der Waals surface area contributed by atoms with Crippen molar-refractivity contribution < 1.29 is 9.53 Å². The maximum atomic E-state index is 12.4. The van der Waals surface area contributed by atoms with Gasteiger partial charge in [-0.25, -0.2) is 9.48 Å². The van der Waals surface area contributed by atoms with Crippen LogP contribution in [0.15, 0.2) is 29.1 Å². The van der Waals surface area contributed by atoms with Crippen molar-refractivity contribution in [2.24, 2.45) is 0 Å². The van der Waals surface area contributed by atoms with Crippen LogP contribution in [0.4, 0.5) is 4.79 Å². The molecule has 22 heavy (non-hydrogen) atoms. The molecule has 0 saturated carbocycles. The largest absolute Gasteiger partial charge is 0.383 e. The lowest BCUT2D eigenvalue weighted by Crippen LogP contribution is -2.36. The maximum absolute atomic E-state index is 12.4. The van der Waals surface area contributed by atoms with E-state index in [2.05, 4.69) is 15.7 Å². The van der Waals surface area contributed by atoms with Crippen LogP contribution in [0.5, 0.6) is 0 Å². The number of fused-ring (bicyclic) bond motifs is 1. The fraction of sp³-hybridized carbons (Fsp3) is 0.400. The summed E-state index contributed by atoms with van der Waals surface area (Å²) < 4.78 is 6.38. The fourth-order valence-corrected chi connectivity index (χ4v) is 2.15. The van der Waals surface area contributed by atoms with E-state index in [-0.39, 0.29) is 18.1 Å². The average Bonchev–Trinajstić information content (AvgIpc) is 2.53. The lowest BCUT2D eigenvalue weighted by molar-refractivity contribution is 0.181. The van der Waals surface area contributed by atoms with Gasteiger partial charge in [0.15, 0.2) is 0 Å². The number of ether oxygens (including phenoxy) is 1. The number of hydrogen-bond acceptors (Lipinski definition) is 4. The Morgan fingerprint density at radius 1 is 1.27 bits per heavy atom. The summed E-state index contributed by atoms with van der Waals surface area (Å²) in [5, 5.41) is 11.1. The van der Waals surface area contributed by atoms with Gasteiger partial charge in [-0.3, -0.25) is 4.79 Å². The molecular weight excluding hydrogens is 284 g/mol. The number of amides is 2. The molecule has 0 saturated heterocycles.